The highest BCUT2D eigenvalue weighted by Gasteiger charge is 2.17. The number of hydrogen-bond acceptors (Lipinski definition) is 4. The first-order chi connectivity index (χ1) is 8.84. The molecule has 1 radical (unpaired) electrons. The number of rotatable bonds is 2. The second kappa shape index (κ2) is 4.25. The van der Waals surface area contributed by atoms with E-state index in [4.69, 9.17) is 0 Å². The van der Waals surface area contributed by atoms with E-state index >= 15 is 0 Å². The van der Waals surface area contributed by atoms with Gasteiger partial charge in [0.25, 0.3) is 5.91 Å². The summed E-state index contributed by atoms with van der Waals surface area (Å²) in [6, 6.07) is 8.90. The molecule has 87 valence electrons. The Kier molecular flexibility index (Phi) is 2.45. The monoisotopic (exact) mass is 238 g/mol. The summed E-state index contributed by atoms with van der Waals surface area (Å²) in [7, 11) is 0. The average Bonchev–Trinajstić information content (AvgIpc) is 2.89. The van der Waals surface area contributed by atoms with Crippen molar-refractivity contribution < 1.29 is 4.79 Å². The summed E-state index contributed by atoms with van der Waals surface area (Å²) in [5, 5.41) is 6.64. The number of amides is 1. The lowest BCUT2D eigenvalue weighted by Crippen LogP contribution is -2.13. The van der Waals surface area contributed by atoms with Gasteiger partial charge in [-0.1, -0.05) is 18.2 Å². The molecule has 0 unspecified atom stereocenters. The van der Waals surface area contributed by atoms with Gasteiger partial charge in [0.2, 0.25) is 0 Å². The molecule has 0 aliphatic carbocycles. The fourth-order valence-electron chi connectivity index (χ4n) is 1.58. The van der Waals surface area contributed by atoms with E-state index in [-0.39, 0.29) is 5.91 Å². The Bertz CT molecular complexity index is 624. The van der Waals surface area contributed by atoms with Crippen LogP contribution in [0.25, 0.3) is 0 Å². The van der Waals surface area contributed by atoms with Gasteiger partial charge in [0.1, 0.15) is 12.7 Å². The van der Waals surface area contributed by atoms with Gasteiger partial charge in [0, 0.05) is 5.56 Å². The third kappa shape index (κ3) is 1.80. The molecule has 1 N–H and O–H groups in total. The van der Waals surface area contributed by atoms with E-state index in [0.29, 0.717) is 22.9 Å². The first kappa shape index (κ1) is 10.4. The first-order valence-electron chi connectivity index (χ1n) is 5.29. The van der Waals surface area contributed by atoms with Gasteiger partial charge in [0.15, 0.2) is 17.3 Å². The maximum absolute atomic E-state index is 12.0. The maximum Gasteiger partial charge on any atom is 0.256 e. The highest BCUT2D eigenvalue weighted by molar-refractivity contribution is 6.06. The third-order valence-electron chi connectivity index (χ3n) is 2.44. The van der Waals surface area contributed by atoms with Crippen LogP contribution in [0, 0.1) is 0 Å². The van der Waals surface area contributed by atoms with Crippen molar-refractivity contribution in [2.45, 2.75) is 0 Å². The summed E-state index contributed by atoms with van der Waals surface area (Å²) in [5.41, 5.74) is 1.05. The van der Waals surface area contributed by atoms with E-state index in [1.165, 1.54) is 12.7 Å². The Balaban J connectivity index is 1.88. The largest absolute Gasteiger partial charge is 0.305 e. The topological polar surface area (TPSA) is 81.3 Å². The van der Waals surface area contributed by atoms with Crippen LogP contribution >= 0.6 is 0 Å². The number of fused-ring (bicyclic) bond motifs is 1. The van der Waals surface area contributed by atoms with Crippen LogP contribution in [0.2, 0.25) is 0 Å². The molecule has 3 rings (SSSR count). The zero-order chi connectivity index (χ0) is 12.4. The molecule has 0 atom stereocenters. The quantitative estimate of drug-likeness (QED) is 0.863. The first-order valence-corrected chi connectivity index (χ1v) is 5.29. The van der Waals surface area contributed by atoms with Gasteiger partial charge in [-0.25, -0.2) is 20.3 Å². The van der Waals surface area contributed by atoms with E-state index < -0.39 is 0 Å². The number of benzene rings is 1. The second-order valence-electron chi connectivity index (χ2n) is 3.59. The van der Waals surface area contributed by atoms with Gasteiger partial charge in [-0.05, 0) is 12.1 Å². The normalized spacial score (nSPS) is 11.8. The van der Waals surface area contributed by atoms with Crippen molar-refractivity contribution in [2.24, 2.45) is 4.99 Å². The summed E-state index contributed by atoms with van der Waals surface area (Å²) in [5.74, 6) is 0.596. The van der Waals surface area contributed by atoms with E-state index in [2.05, 4.69) is 25.6 Å². The molecule has 1 aromatic carbocycles. The summed E-state index contributed by atoms with van der Waals surface area (Å²) in [4.78, 5) is 23.9. The van der Waals surface area contributed by atoms with Gasteiger partial charge in [-0.3, -0.25) is 4.79 Å². The van der Waals surface area contributed by atoms with Crippen molar-refractivity contribution in [3.05, 3.63) is 42.2 Å². The maximum atomic E-state index is 12.0. The Morgan fingerprint density at radius 2 is 1.94 bits per heavy atom. The Hall–Kier alpha value is -2.76. The molecule has 1 aliphatic heterocycles. The molecular formula is C12H8N5O. The number of nitrogens with one attached hydrogen (secondary N) is 1. The van der Waals surface area contributed by atoms with Crippen LogP contribution in [-0.2, 0) is 0 Å². The van der Waals surface area contributed by atoms with Gasteiger partial charge in [-0.15, -0.1) is 0 Å². The molecule has 1 aromatic heterocycles. The van der Waals surface area contributed by atoms with Gasteiger partial charge in [0.05, 0.1) is 0 Å². The summed E-state index contributed by atoms with van der Waals surface area (Å²) >= 11 is 0. The minimum absolute atomic E-state index is 0.237. The second-order valence-corrected chi connectivity index (χ2v) is 3.59. The summed E-state index contributed by atoms with van der Waals surface area (Å²) in [6.45, 7) is 0. The number of carbonyl (C=O) groups is 1. The highest BCUT2D eigenvalue weighted by Crippen LogP contribution is 2.32. The van der Waals surface area contributed by atoms with E-state index in [1.54, 1.807) is 24.3 Å². The van der Waals surface area contributed by atoms with Crippen LogP contribution in [0.4, 0.5) is 17.3 Å². The lowest BCUT2D eigenvalue weighted by molar-refractivity contribution is 0.102. The van der Waals surface area contributed by atoms with E-state index in [1.807, 2.05) is 6.07 Å². The molecule has 0 saturated carbocycles. The smallest absolute Gasteiger partial charge is 0.256 e. The van der Waals surface area contributed by atoms with Crippen LogP contribution in [0.3, 0.4) is 0 Å². The van der Waals surface area contributed by atoms with Crippen LogP contribution < -0.4 is 10.6 Å². The number of carbonyl (C=O) groups excluding carboxylic acids is 1. The molecule has 0 spiro atoms. The molecule has 1 amide bonds. The zero-order valence-corrected chi connectivity index (χ0v) is 9.24. The fourth-order valence-corrected chi connectivity index (χ4v) is 1.58. The average molecular weight is 238 g/mol. The lowest BCUT2D eigenvalue weighted by atomic mass is 10.2. The summed E-state index contributed by atoms with van der Waals surface area (Å²) in [6.07, 6.45) is 2.73. The van der Waals surface area contributed by atoms with Crippen LogP contribution in [-0.4, -0.2) is 22.2 Å². The summed E-state index contributed by atoms with van der Waals surface area (Å²) < 4.78 is 0. The molecule has 0 bridgehead atoms. The molecule has 6 heteroatoms. The van der Waals surface area contributed by atoms with Crippen molar-refractivity contribution in [1.29, 1.82) is 0 Å². The SMILES string of the molecule is O=C(Nc1ncnc2c1N=C[N]2)c1ccccc1. The Morgan fingerprint density at radius 3 is 2.78 bits per heavy atom. The molecule has 0 fully saturated rings. The molecular weight excluding hydrogens is 230 g/mol. The molecule has 2 heterocycles. The Labute approximate surface area is 103 Å². The van der Waals surface area contributed by atoms with Crippen molar-refractivity contribution in [3.8, 4) is 0 Å². The standard InChI is InChI=1S/C12H8N5O/c18-12(8-4-2-1-3-5-8)17-11-9-10(14-6-13-9)15-7-16-11/h1-7H,(H,15,16,17,18). The molecule has 0 saturated heterocycles. The molecule has 18 heavy (non-hydrogen) atoms. The van der Waals surface area contributed by atoms with Crippen molar-refractivity contribution >= 4 is 29.6 Å². The third-order valence-corrected chi connectivity index (χ3v) is 2.44. The number of aromatic nitrogens is 2. The number of hydrogen-bond donors (Lipinski definition) is 1. The van der Waals surface area contributed by atoms with Gasteiger partial charge in [-0.2, -0.15) is 0 Å². The minimum atomic E-state index is -0.237. The van der Waals surface area contributed by atoms with Gasteiger partial charge < -0.3 is 5.32 Å². The van der Waals surface area contributed by atoms with E-state index in [9.17, 15) is 4.79 Å². The van der Waals surface area contributed by atoms with Crippen molar-refractivity contribution in [3.63, 3.8) is 0 Å². The molecule has 1 aliphatic rings. The molecule has 6 nitrogen and oxygen atoms in total. The predicted molar refractivity (Wildman–Crippen MR) is 66.4 cm³/mol. The highest BCUT2D eigenvalue weighted by atomic mass is 16.1. The number of anilines is 1. The van der Waals surface area contributed by atoms with Crippen LogP contribution in [0.1, 0.15) is 10.4 Å². The Morgan fingerprint density at radius 1 is 1.11 bits per heavy atom. The predicted octanol–water partition coefficient (Wildman–Crippen LogP) is 1.64. The van der Waals surface area contributed by atoms with Crippen molar-refractivity contribution in [1.82, 2.24) is 15.3 Å². The lowest BCUT2D eigenvalue weighted by Gasteiger charge is -2.06. The number of nitrogens with zero attached hydrogens (tertiary/aromatic N) is 4. The van der Waals surface area contributed by atoms with Crippen LogP contribution in [0.15, 0.2) is 41.7 Å². The van der Waals surface area contributed by atoms with Crippen molar-refractivity contribution in [2.75, 3.05) is 5.32 Å². The number of aliphatic imine (C=N–C) groups is 1. The zero-order valence-electron chi connectivity index (χ0n) is 9.24. The molecule has 2 aromatic rings. The van der Waals surface area contributed by atoms with Gasteiger partial charge >= 0.3 is 0 Å². The minimum Gasteiger partial charge on any atom is -0.305 e. The fraction of sp³-hybridized carbons (Fsp3) is 0. The van der Waals surface area contributed by atoms with Crippen LogP contribution in [0.5, 0.6) is 0 Å². The van der Waals surface area contributed by atoms with E-state index in [0.717, 1.165) is 0 Å².